The van der Waals surface area contributed by atoms with Gasteiger partial charge in [-0.2, -0.15) is 0 Å². The van der Waals surface area contributed by atoms with Gasteiger partial charge < -0.3 is 0 Å². The molecule has 1 saturated carbocycles. The molecule has 1 aliphatic rings. The van der Waals surface area contributed by atoms with Gasteiger partial charge in [-0.3, -0.25) is 0 Å². The molecule has 1 atom stereocenters. The number of aromatic nitrogens is 1. The molecule has 2 rings (SSSR count). The highest BCUT2D eigenvalue weighted by molar-refractivity contribution is 7.09. The molecule has 1 fully saturated rings. The van der Waals surface area contributed by atoms with Gasteiger partial charge in [0.05, 0.1) is 5.01 Å². The van der Waals surface area contributed by atoms with Crippen molar-refractivity contribution in [2.45, 2.75) is 25.7 Å². The fourth-order valence-corrected chi connectivity index (χ4v) is 2.05. The van der Waals surface area contributed by atoms with Crippen LogP contribution in [0.2, 0.25) is 0 Å². The van der Waals surface area contributed by atoms with Gasteiger partial charge in [-0.05, 0) is 18.8 Å². The van der Waals surface area contributed by atoms with E-state index in [0.29, 0.717) is 0 Å². The second-order valence-corrected chi connectivity index (χ2v) is 3.92. The first-order chi connectivity index (χ1) is 4.88. The Hall–Kier alpha value is -0.370. The number of thiazole rings is 1. The highest BCUT2D eigenvalue weighted by Crippen LogP contribution is 2.42. The zero-order valence-corrected chi connectivity index (χ0v) is 6.90. The van der Waals surface area contributed by atoms with Crippen LogP contribution in [0.1, 0.15) is 30.7 Å². The van der Waals surface area contributed by atoms with Gasteiger partial charge in [0.15, 0.2) is 0 Å². The van der Waals surface area contributed by atoms with E-state index in [0.717, 1.165) is 11.8 Å². The molecule has 0 N–H and O–H groups in total. The fourth-order valence-electron chi connectivity index (χ4n) is 1.26. The molecule has 0 aromatic carbocycles. The van der Waals surface area contributed by atoms with Gasteiger partial charge in [0, 0.05) is 17.5 Å². The maximum atomic E-state index is 4.30. The molecule has 0 bridgehead atoms. The fraction of sp³-hybridized carbons (Fsp3) is 0.625. The van der Waals surface area contributed by atoms with Crippen LogP contribution in [0.4, 0.5) is 0 Å². The minimum atomic E-state index is 0.722. The van der Waals surface area contributed by atoms with Crippen LogP contribution in [0.3, 0.4) is 0 Å². The van der Waals surface area contributed by atoms with Crippen molar-refractivity contribution in [2.75, 3.05) is 0 Å². The molecule has 1 aromatic rings. The SMILES string of the molecule is CC(c1nccs1)C1CC1. The average Bonchev–Trinajstić information content (AvgIpc) is 2.65. The summed E-state index contributed by atoms with van der Waals surface area (Å²) < 4.78 is 0. The van der Waals surface area contributed by atoms with Crippen molar-refractivity contribution in [3.63, 3.8) is 0 Å². The molecule has 0 amide bonds. The van der Waals surface area contributed by atoms with E-state index < -0.39 is 0 Å². The smallest absolute Gasteiger partial charge is 0.0955 e. The van der Waals surface area contributed by atoms with Crippen LogP contribution in [0, 0.1) is 5.92 Å². The molecule has 1 aliphatic carbocycles. The Bertz CT molecular complexity index is 201. The predicted molar refractivity (Wildman–Crippen MR) is 43.3 cm³/mol. The largest absolute Gasteiger partial charge is 0.249 e. The number of hydrogen-bond donors (Lipinski definition) is 0. The molecular formula is C8H11NS. The molecule has 0 aliphatic heterocycles. The first-order valence-corrected chi connectivity index (χ1v) is 4.65. The minimum Gasteiger partial charge on any atom is -0.249 e. The third-order valence-corrected chi connectivity index (χ3v) is 3.15. The lowest BCUT2D eigenvalue weighted by atomic mass is 10.1. The lowest BCUT2D eigenvalue weighted by Gasteiger charge is -2.03. The molecule has 10 heavy (non-hydrogen) atoms. The van der Waals surface area contributed by atoms with Crippen LogP contribution in [0.15, 0.2) is 11.6 Å². The van der Waals surface area contributed by atoms with Gasteiger partial charge >= 0.3 is 0 Å². The van der Waals surface area contributed by atoms with E-state index in [4.69, 9.17) is 0 Å². The topological polar surface area (TPSA) is 12.9 Å². The standard InChI is InChI=1S/C8H11NS/c1-6(7-2-3-7)8-9-4-5-10-8/h4-7H,2-3H2,1H3. The van der Waals surface area contributed by atoms with Crippen LogP contribution >= 0.6 is 11.3 Å². The molecule has 0 spiro atoms. The van der Waals surface area contributed by atoms with Crippen molar-refractivity contribution in [3.8, 4) is 0 Å². The van der Waals surface area contributed by atoms with Crippen LogP contribution < -0.4 is 0 Å². The zero-order valence-electron chi connectivity index (χ0n) is 6.08. The summed E-state index contributed by atoms with van der Waals surface area (Å²) in [6.07, 6.45) is 4.74. The van der Waals surface area contributed by atoms with Crippen LogP contribution in [0.5, 0.6) is 0 Å². The lowest BCUT2D eigenvalue weighted by molar-refractivity contribution is 0.659. The van der Waals surface area contributed by atoms with Crippen LogP contribution in [-0.2, 0) is 0 Å². The van der Waals surface area contributed by atoms with E-state index in [-0.39, 0.29) is 0 Å². The third kappa shape index (κ3) is 1.08. The van der Waals surface area contributed by atoms with Gasteiger partial charge in [-0.15, -0.1) is 11.3 Å². The first kappa shape index (κ1) is 6.35. The highest BCUT2D eigenvalue weighted by Gasteiger charge is 2.29. The van der Waals surface area contributed by atoms with E-state index in [1.54, 1.807) is 11.3 Å². The Balaban J connectivity index is 2.11. The van der Waals surface area contributed by atoms with Crippen molar-refractivity contribution in [3.05, 3.63) is 16.6 Å². The summed E-state index contributed by atoms with van der Waals surface area (Å²) in [7, 11) is 0. The molecule has 1 heterocycles. The van der Waals surface area contributed by atoms with Crippen molar-refractivity contribution < 1.29 is 0 Å². The highest BCUT2D eigenvalue weighted by atomic mass is 32.1. The van der Waals surface area contributed by atoms with Gasteiger partial charge in [0.2, 0.25) is 0 Å². The van der Waals surface area contributed by atoms with E-state index in [1.807, 2.05) is 6.20 Å². The number of hydrogen-bond acceptors (Lipinski definition) is 2. The summed E-state index contributed by atoms with van der Waals surface area (Å²) >= 11 is 1.79. The molecule has 2 heteroatoms. The van der Waals surface area contributed by atoms with Gasteiger partial charge in [-0.1, -0.05) is 6.92 Å². The molecule has 0 saturated heterocycles. The summed E-state index contributed by atoms with van der Waals surface area (Å²) in [5.74, 6) is 1.67. The third-order valence-electron chi connectivity index (χ3n) is 2.17. The molecule has 1 unspecified atom stereocenters. The van der Waals surface area contributed by atoms with Crippen molar-refractivity contribution >= 4 is 11.3 Å². The summed E-state index contributed by atoms with van der Waals surface area (Å²) in [5.41, 5.74) is 0. The monoisotopic (exact) mass is 153 g/mol. The quantitative estimate of drug-likeness (QED) is 0.636. The molecule has 1 aromatic heterocycles. The number of nitrogens with zero attached hydrogens (tertiary/aromatic N) is 1. The van der Waals surface area contributed by atoms with Crippen molar-refractivity contribution in [1.82, 2.24) is 4.98 Å². The van der Waals surface area contributed by atoms with Gasteiger partial charge in [0.25, 0.3) is 0 Å². The molecule has 0 radical (unpaired) electrons. The molecule has 54 valence electrons. The maximum absolute atomic E-state index is 4.30. The number of rotatable bonds is 2. The average molecular weight is 153 g/mol. The molecule has 1 nitrogen and oxygen atoms in total. The zero-order chi connectivity index (χ0) is 6.97. The second kappa shape index (κ2) is 2.35. The Morgan fingerprint density at radius 2 is 2.50 bits per heavy atom. The summed E-state index contributed by atoms with van der Waals surface area (Å²) in [5, 5.41) is 3.39. The Labute approximate surface area is 65.1 Å². The van der Waals surface area contributed by atoms with E-state index in [9.17, 15) is 0 Å². The van der Waals surface area contributed by atoms with Gasteiger partial charge in [-0.25, -0.2) is 4.98 Å². The van der Waals surface area contributed by atoms with Crippen LogP contribution in [-0.4, -0.2) is 4.98 Å². The van der Waals surface area contributed by atoms with E-state index in [2.05, 4.69) is 17.3 Å². The summed E-state index contributed by atoms with van der Waals surface area (Å²) in [6.45, 7) is 2.29. The maximum Gasteiger partial charge on any atom is 0.0955 e. The predicted octanol–water partition coefficient (Wildman–Crippen LogP) is 2.66. The van der Waals surface area contributed by atoms with Crippen molar-refractivity contribution in [2.24, 2.45) is 5.92 Å². The minimum absolute atomic E-state index is 0.722. The summed E-state index contributed by atoms with van der Waals surface area (Å²) in [6, 6.07) is 0. The first-order valence-electron chi connectivity index (χ1n) is 3.77. The van der Waals surface area contributed by atoms with E-state index in [1.165, 1.54) is 17.8 Å². The molecular weight excluding hydrogens is 142 g/mol. The Kier molecular flexibility index (Phi) is 1.49. The van der Waals surface area contributed by atoms with Crippen LogP contribution in [0.25, 0.3) is 0 Å². The second-order valence-electron chi connectivity index (χ2n) is 3.00. The lowest BCUT2D eigenvalue weighted by Crippen LogP contribution is -1.93. The Morgan fingerprint density at radius 3 is 3.00 bits per heavy atom. The Morgan fingerprint density at radius 1 is 1.70 bits per heavy atom. The van der Waals surface area contributed by atoms with E-state index >= 15 is 0 Å². The van der Waals surface area contributed by atoms with Gasteiger partial charge in [0.1, 0.15) is 0 Å². The normalized spacial score (nSPS) is 20.9. The summed E-state index contributed by atoms with van der Waals surface area (Å²) in [4.78, 5) is 4.30. The van der Waals surface area contributed by atoms with Crippen molar-refractivity contribution in [1.29, 1.82) is 0 Å².